The van der Waals surface area contributed by atoms with Gasteiger partial charge in [-0.15, -0.1) is 0 Å². The first-order valence-electron chi connectivity index (χ1n) is 4.89. The van der Waals surface area contributed by atoms with Crippen LogP contribution in [0.25, 0.3) is 0 Å². The van der Waals surface area contributed by atoms with Crippen molar-refractivity contribution < 1.29 is 9.18 Å². The van der Waals surface area contributed by atoms with Crippen LogP contribution in [0.5, 0.6) is 0 Å². The van der Waals surface area contributed by atoms with Gasteiger partial charge in [-0.05, 0) is 12.5 Å². The van der Waals surface area contributed by atoms with Crippen LogP contribution in [-0.4, -0.2) is 30.5 Å². The Morgan fingerprint density at radius 1 is 1.53 bits per heavy atom. The molecule has 1 N–H and O–H groups in total. The standard InChI is InChI=1S/C10H12FN3O/c11-9-6-8(2-4-12-9)14-5-1-3-13-10(15)7-14/h2,4,6H,1,3,5,7H2,(H,13,15). The topological polar surface area (TPSA) is 45.2 Å². The molecule has 5 heteroatoms. The maximum Gasteiger partial charge on any atom is 0.239 e. The summed E-state index contributed by atoms with van der Waals surface area (Å²) >= 11 is 0. The second kappa shape index (κ2) is 4.25. The Hall–Kier alpha value is -1.65. The van der Waals surface area contributed by atoms with Crippen molar-refractivity contribution in [3.05, 3.63) is 24.3 Å². The van der Waals surface area contributed by atoms with Gasteiger partial charge in [0.1, 0.15) is 0 Å². The fraction of sp³-hybridized carbons (Fsp3) is 0.400. The van der Waals surface area contributed by atoms with Gasteiger partial charge < -0.3 is 10.2 Å². The fourth-order valence-corrected chi connectivity index (χ4v) is 1.62. The van der Waals surface area contributed by atoms with Crippen molar-refractivity contribution in [3.8, 4) is 0 Å². The van der Waals surface area contributed by atoms with Gasteiger partial charge in [-0.2, -0.15) is 4.39 Å². The second-order valence-corrected chi connectivity index (χ2v) is 3.46. The van der Waals surface area contributed by atoms with Crippen molar-refractivity contribution in [2.75, 3.05) is 24.5 Å². The molecule has 0 atom stereocenters. The second-order valence-electron chi connectivity index (χ2n) is 3.46. The first-order valence-corrected chi connectivity index (χ1v) is 4.89. The summed E-state index contributed by atoms with van der Waals surface area (Å²) in [5.41, 5.74) is 0.708. The minimum Gasteiger partial charge on any atom is -0.362 e. The Labute approximate surface area is 87.1 Å². The summed E-state index contributed by atoms with van der Waals surface area (Å²) in [7, 11) is 0. The molecular weight excluding hydrogens is 197 g/mol. The molecule has 80 valence electrons. The average Bonchev–Trinajstić information content (AvgIpc) is 2.43. The zero-order chi connectivity index (χ0) is 10.7. The van der Waals surface area contributed by atoms with E-state index in [0.717, 1.165) is 13.0 Å². The maximum atomic E-state index is 12.9. The van der Waals surface area contributed by atoms with E-state index in [0.29, 0.717) is 12.2 Å². The number of hydrogen-bond acceptors (Lipinski definition) is 3. The number of nitrogens with one attached hydrogen (secondary N) is 1. The molecule has 1 saturated heterocycles. The smallest absolute Gasteiger partial charge is 0.239 e. The molecule has 0 saturated carbocycles. The molecule has 1 aliphatic rings. The van der Waals surface area contributed by atoms with E-state index in [1.807, 2.05) is 4.90 Å². The summed E-state index contributed by atoms with van der Waals surface area (Å²) in [4.78, 5) is 16.6. The van der Waals surface area contributed by atoms with Gasteiger partial charge in [0.05, 0.1) is 6.54 Å². The van der Waals surface area contributed by atoms with E-state index >= 15 is 0 Å². The molecule has 1 fully saturated rings. The van der Waals surface area contributed by atoms with Crippen LogP contribution >= 0.6 is 0 Å². The highest BCUT2D eigenvalue weighted by Crippen LogP contribution is 2.14. The highest BCUT2D eigenvalue weighted by molar-refractivity contribution is 5.81. The molecular formula is C10H12FN3O. The molecule has 2 heterocycles. The first kappa shape index (κ1) is 9.89. The lowest BCUT2D eigenvalue weighted by atomic mass is 10.3. The highest BCUT2D eigenvalue weighted by Gasteiger charge is 2.15. The Morgan fingerprint density at radius 3 is 3.20 bits per heavy atom. The van der Waals surface area contributed by atoms with Crippen LogP contribution in [0.1, 0.15) is 6.42 Å². The number of pyridine rings is 1. The zero-order valence-corrected chi connectivity index (χ0v) is 8.24. The Kier molecular flexibility index (Phi) is 2.80. The maximum absolute atomic E-state index is 12.9. The Balaban J connectivity index is 2.18. The summed E-state index contributed by atoms with van der Waals surface area (Å²) in [5, 5.41) is 2.77. The van der Waals surface area contributed by atoms with E-state index < -0.39 is 5.95 Å². The van der Waals surface area contributed by atoms with Gasteiger partial charge in [-0.25, -0.2) is 4.98 Å². The predicted octanol–water partition coefficient (Wildman–Crippen LogP) is 0.547. The van der Waals surface area contributed by atoms with Crippen LogP contribution < -0.4 is 10.2 Å². The van der Waals surface area contributed by atoms with Gasteiger partial charge in [0.2, 0.25) is 11.9 Å². The van der Waals surface area contributed by atoms with E-state index in [1.165, 1.54) is 12.3 Å². The van der Waals surface area contributed by atoms with E-state index in [4.69, 9.17) is 0 Å². The number of nitrogens with zero attached hydrogens (tertiary/aromatic N) is 2. The number of carbonyl (C=O) groups is 1. The molecule has 1 aromatic heterocycles. The molecule has 2 rings (SSSR count). The normalized spacial score (nSPS) is 17.1. The van der Waals surface area contributed by atoms with Crippen LogP contribution in [-0.2, 0) is 4.79 Å². The molecule has 1 aromatic rings. The van der Waals surface area contributed by atoms with E-state index in [9.17, 15) is 9.18 Å². The van der Waals surface area contributed by atoms with Crippen molar-refractivity contribution in [1.29, 1.82) is 0 Å². The van der Waals surface area contributed by atoms with E-state index in [-0.39, 0.29) is 12.5 Å². The van der Waals surface area contributed by atoms with Crippen molar-refractivity contribution >= 4 is 11.6 Å². The molecule has 0 radical (unpaired) electrons. The van der Waals surface area contributed by atoms with E-state index in [2.05, 4.69) is 10.3 Å². The number of halogens is 1. The molecule has 0 aromatic carbocycles. The van der Waals surface area contributed by atoms with Crippen molar-refractivity contribution in [3.63, 3.8) is 0 Å². The van der Waals surface area contributed by atoms with Crippen molar-refractivity contribution in [2.45, 2.75) is 6.42 Å². The van der Waals surface area contributed by atoms with Gasteiger partial charge in [0, 0.05) is 31.0 Å². The fourth-order valence-electron chi connectivity index (χ4n) is 1.62. The number of amides is 1. The summed E-state index contributed by atoms with van der Waals surface area (Å²) in [5.74, 6) is -0.540. The summed E-state index contributed by atoms with van der Waals surface area (Å²) in [6, 6.07) is 3.06. The van der Waals surface area contributed by atoms with Crippen molar-refractivity contribution in [1.82, 2.24) is 10.3 Å². The third-order valence-electron chi connectivity index (χ3n) is 2.34. The minimum atomic E-state index is -0.517. The van der Waals surface area contributed by atoms with Gasteiger partial charge in [0.25, 0.3) is 0 Å². The summed E-state index contributed by atoms with van der Waals surface area (Å²) in [6.45, 7) is 1.72. The molecule has 4 nitrogen and oxygen atoms in total. The lowest BCUT2D eigenvalue weighted by Gasteiger charge is -2.20. The summed E-state index contributed by atoms with van der Waals surface area (Å²) in [6.07, 6.45) is 2.28. The Morgan fingerprint density at radius 2 is 2.40 bits per heavy atom. The SMILES string of the molecule is O=C1CN(c2ccnc(F)c2)CCCN1. The highest BCUT2D eigenvalue weighted by atomic mass is 19.1. The number of hydrogen-bond donors (Lipinski definition) is 1. The van der Waals surface area contributed by atoms with Gasteiger partial charge in [-0.1, -0.05) is 0 Å². The predicted molar refractivity (Wildman–Crippen MR) is 54.0 cm³/mol. The monoisotopic (exact) mass is 209 g/mol. The van der Waals surface area contributed by atoms with Crippen molar-refractivity contribution in [2.24, 2.45) is 0 Å². The molecule has 0 bridgehead atoms. The minimum absolute atomic E-state index is 0.0234. The average molecular weight is 209 g/mol. The quantitative estimate of drug-likeness (QED) is 0.687. The van der Waals surface area contributed by atoms with Crippen LogP contribution in [0.4, 0.5) is 10.1 Å². The van der Waals surface area contributed by atoms with Gasteiger partial charge in [0.15, 0.2) is 0 Å². The van der Waals surface area contributed by atoms with Crippen LogP contribution in [0.15, 0.2) is 18.3 Å². The molecule has 0 aliphatic carbocycles. The molecule has 0 unspecified atom stereocenters. The molecule has 1 amide bonds. The third-order valence-corrected chi connectivity index (χ3v) is 2.34. The van der Waals surface area contributed by atoms with Gasteiger partial charge >= 0.3 is 0 Å². The number of anilines is 1. The number of rotatable bonds is 1. The van der Waals surface area contributed by atoms with Gasteiger partial charge in [-0.3, -0.25) is 4.79 Å². The largest absolute Gasteiger partial charge is 0.362 e. The lowest BCUT2D eigenvalue weighted by molar-refractivity contribution is -0.119. The van der Waals surface area contributed by atoms with E-state index in [1.54, 1.807) is 6.07 Å². The molecule has 15 heavy (non-hydrogen) atoms. The van der Waals surface area contributed by atoms with Crippen LogP contribution in [0.2, 0.25) is 0 Å². The molecule has 1 aliphatic heterocycles. The number of aromatic nitrogens is 1. The lowest BCUT2D eigenvalue weighted by Crippen LogP contribution is -2.33. The van der Waals surface area contributed by atoms with Crippen LogP contribution in [0.3, 0.4) is 0 Å². The first-order chi connectivity index (χ1) is 7.25. The van der Waals surface area contributed by atoms with Crippen LogP contribution in [0, 0.1) is 5.95 Å². The number of carbonyl (C=O) groups excluding carboxylic acids is 1. The Bertz CT molecular complexity index is 369. The molecule has 0 spiro atoms. The summed E-state index contributed by atoms with van der Waals surface area (Å²) < 4.78 is 12.9. The third kappa shape index (κ3) is 2.43. The zero-order valence-electron chi connectivity index (χ0n) is 8.24.